The Labute approximate surface area is 62.1 Å². The minimum atomic E-state index is 0.915. The summed E-state index contributed by atoms with van der Waals surface area (Å²) in [5.74, 6) is 0. The van der Waals surface area contributed by atoms with Crippen LogP contribution in [0.3, 0.4) is 0 Å². The number of allylic oxidation sites excluding steroid dienone is 1. The van der Waals surface area contributed by atoms with Crippen molar-refractivity contribution in [2.45, 2.75) is 20.3 Å². The Morgan fingerprint density at radius 2 is 2.33 bits per heavy atom. The fraction of sp³-hybridized carbons (Fsp3) is 0.571. The van der Waals surface area contributed by atoms with Gasteiger partial charge in [0.2, 0.25) is 0 Å². The first kappa shape index (κ1) is 8.63. The van der Waals surface area contributed by atoms with E-state index in [4.69, 9.17) is 12.2 Å². The summed E-state index contributed by atoms with van der Waals surface area (Å²) in [5, 5.41) is 3.10. The van der Waals surface area contributed by atoms with E-state index in [0.29, 0.717) is 0 Å². The molecule has 0 spiro atoms. The van der Waals surface area contributed by atoms with Crippen molar-refractivity contribution in [3.8, 4) is 0 Å². The van der Waals surface area contributed by atoms with Crippen molar-refractivity contribution in [1.29, 1.82) is 0 Å². The molecule has 2 heteroatoms. The molecule has 0 atom stereocenters. The molecule has 0 rings (SSSR count). The van der Waals surface area contributed by atoms with Gasteiger partial charge in [0.15, 0.2) is 0 Å². The Balaban J connectivity index is 3.15. The maximum Gasteiger partial charge on any atom is 0.0138 e. The van der Waals surface area contributed by atoms with Crippen molar-refractivity contribution in [3.05, 3.63) is 12.3 Å². The van der Waals surface area contributed by atoms with E-state index in [0.717, 1.165) is 17.8 Å². The van der Waals surface area contributed by atoms with Crippen LogP contribution in [0.1, 0.15) is 20.3 Å². The van der Waals surface area contributed by atoms with Gasteiger partial charge >= 0.3 is 0 Å². The zero-order valence-corrected chi connectivity index (χ0v) is 6.79. The average Bonchev–Trinajstić information content (AvgIpc) is 1.80. The third-order valence-electron chi connectivity index (χ3n) is 0.830. The van der Waals surface area contributed by atoms with E-state index in [1.165, 1.54) is 0 Å². The summed E-state index contributed by atoms with van der Waals surface area (Å²) in [6.45, 7) is 5.06. The topological polar surface area (TPSA) is 12.0 Å². The van der Waals surface area contributed by atoms with Crippen LogP contribution in [0.5, 0.6) is 0 Å². The molecule has 9 heavy (non-hydrogen) atoms. The molecule has 0 fully saturated rings. The minimum Gasteiger partial charge on any atom is -0.391 e. The monoisotopic (exact) mass is 143 g/mol. The van der Waals surface area contributed by atoms with E-state index < -0.39 is 0 Å². The van der Waals surface area contributed by atoms with Crippen molar-refractivity contribution in [3.63, 3.8) is 0 Å². The molecule has 0 saturated heterocycles. The summed E-state index contributed by atoms with van der Waals surface area (Å²) >= 11 is 4.82. The second-order valence-corrected chi connectivity index (χ2v) is 2.54. The molecule has 0 aliphatic heterocycles. The summed E-state index contributed by atoms with van der Waals surface area (Å²) in [6, 6.07) is 0. The van der Waals surface area contributed by atoms with Gasteiger partial charge in [0, 0.05) is 11.4 Å². The van der Waals surface area contributed by atoms with Gasteiger partial charge < -0.3 is 5.32 Å². The van der Waals surface area contributed by atoms with Gasteiger partial charge in [0.1, 0.15) is 0 Å². The van der Waals surface area contributed by atoms with Crippen LogP contribution in [-0.4, -0.2) is 11.4 Å². The average molecular weight is 143 g/mol. The van der Waals surface area contributed by atoms with Gasteiger partial charge in [-0.3, -0.25) is 0 Å². The predicted molar refractivity (Wildman–Crippen MR) is 45.7 cm³/mol. The number of nitrogens with one attached hydrogen (secondary N) is 1. The first-order valence-corrected chi connectivity index (χ1v) is 3.58. The summed E-state index contributed by atoms with van der Waals surface area (Å²) in [4.78, 5) is 0.915. The molecule has 0 unspecified atom stereocenters. The van der Waals surface area contributed by atoms with Crippen LogP contribution in [0.25, 0.3) is 0 Å². The molecule has 0 aliphatic rings. The van der Waals surface area contributed by atoms with Gasteiger partial charge in [0.05, 0.1) is 0 Å². The molecular formula is C7H13NS. The quantitative estimate of drug-likeness (QED) is 0.366. The van der Waals surface area contributed by atoms with Gasteiger partial charge in [-0.05, 0) is 25.6 Å². The summed E-state index contributed by atoms with van der Waals surface area (Å²) in [5.41, 5.74) is 0. The molecule has 1 nitrogen and oxygen atoms in total. The third kappa shape index (κ3) is 7.63. The Morgan fingerprint density at radius 1 is 1.67 bits per heavy atom. The molecule has 52 valence electrons. The van der Waals surface area contributed by atoms with E-state index in [2.05, 4.69) is 12.2 Å². The highest BCUT2D eigenvalue weighted by Crippen LogP contribution is 1.76. The first-order valence-electron chi connectivity index (χ1n) is 3.18. The van der Waals surface area contributed by atoms with Crippen molar-refractivity contribution < 1.29 is 0 Å². The van der Waals surface area contributed by atoms with E-state index in [1.807, 2.05) is 19.2 Å². The maximum atomic E-state index is 4.82. The van der Waals surface area contributed by atoms with Crippen molar-refractivity contribution in [2.75, 3.05) is 6.54 Å². The van der Waals surface area contributed by atoms with Crippen LogP contribution in [0.4, 0.5) is 0 Å². The normalized spacial score (nSPS) is 10.0. The molecule has 0 bridgehead atoms. The SMILES string of the molecule is CCCN/C=C/C(C)=S. The predicted octanol–water partition coefficient (Wildman–Crippen LogP) is 1.89. The van der Waals surface area contributed by atoms with Gasteiger partial charge in [-0.25, -0.2) is 0 Å². The second kappa shape index (κ2) is 5.76. The Kier molecular flexibility index (Phi) is 5.52. The second-order valence-electron chi connectivity index (χ2n) is 1.90. The van der Waals surface area contributed by atoms with Gasteiger partial charge in [-0.15, -0.1) is 0 Å². The number of hydrogen-bond acceptors (Lipinski definition) is 2. The van der Waals surface area contributed by atoms with E-state index in [9.17, 15) is 0 Å². The third-order valence-corrected chi connectivity index (χ3v) is 0.966. The Bertz CT molecular complexity index is 107. The molecule has 0 radical (unpaired) electrons. The molecule has 0 aromatic rings. The number of rotatable bonds is 4. The first-order chi connectivity index (χ1) is 4.27. The molecule has 0 heterocycles. The highest BCUT2D eigenvalue weighted by atomic mass is 32.1. The fourth-order valence-corrected chi connectivity index (χ4v) is 0.472. The van der Waals surface area contributed by atoms with E-state index in [-0.39, 0.29) is 0 Å². The standard InChI is InChI=1S/C7H13NS/c1-3-5-8-6-4-7(2)9/h4,6,8H,3,5H2,1-2H3/b6-4+. The molecule has 0 saturated carbocycles. The zero-order chi connectivity index (χ0) is 7.11. The maximum absolute atomic E-state index is 4.82. The lowest BCUT2D eigenvalue weighted by Crippen LogP contribution is -2.05. The van der Waals surface area contributed by atoms with Crippen LogP contribution in [0.15, 0.2) is 12.3 Å². The Morgan fingerprint density at radius 3 is 2.78 bits per heavy atom. The summed E-state index contributed by atoms with van der Waals surface area (Å²) in [6.07, 6.45) is 4.94. The van der Waals surface area contributed by atoms with E-state index in [1.54, 1.807) is 0 Å². The van der Waals surface area contributed by atoms with Crippen LogP contribution in [-0.2, 0) is 0 Å². The molecule has 0 aromatic heterocycles. The molecule has 0 aromatic carbocycles. The summed E-state index contributed by atoms with van der Waals surface area (Å²) < 4.78 is 0. The zero-order valence-electron chi connectivity index (χ0n) is 5.98. The highest BCUT2D eigenvalue weighted by Gasteiger charge is 1.75. The molecule has 0 aliphatic carbocycles. The highest BCUT2D eigenvalue weighted by molar-refractivity contribution is 7.80. The van der Waals surface area contributed by atoms with Gasteiger partial charge in [0.25, 0.3) is 0 Å². The van der Waals surface area contributed by atoms with Crippen LogP contribution < -0.4 is 5.32 Å². The van der Waals surface area contributed by atoms with E-state index >= 15 is 0 Å². The van der Waals surface area contributed by atoms with Gasteiger partial charge in [-0.2, -0.15) is 0 Å². The smallest absolute Gasteiger partial charge is 0.0138 e. The van der Waals surface area contributed by atoms with Crippen molar-refractivity contribution >= 4 is 17.1 Å². The molecular weight excluding hydrogens is 130 g/mol. The number of hydrogen-bond donors (Lipinski definition) is 1. The van der Waals surface area contributed by atoms with Crippen molar-refractivity contribution in [1.82, 2.24) is 5.32 Å². The van der Waals surface area contributed by atoms with Gasteiger partial charge in [-0.1, -0.05) is 19.1 Å². The lowest BCUT2D eigenvalue weighted by Gasteiger charge is -1.92. The lowest BCUT2D eigenvalue weighted by molar-refractivity contribution is 0.810. The van der Waals surface area contributed by atoms with Crippen LogP contribution in [0, 0.1) is 0 Å². The fourth-order valence-electron chi connectivity index (χ4n) is 0.404. The largest absolute Gasteiger partial charge is 0.391 e. The van der Waals surface area contributed by atoms with Crippen LogP contribution in [0.2, 0.25) is 0 Å². The summed E-state index contributed by atoms with van der Waals surface area (Å²) in [7, 11) is 0. The lowest BCUT2D eigenvalue weighted by atomic mass is 10.4. The number of thiocarbonyl (C=S) groups is 1. The molecule has 1 N–H and O–H groups in total. The Hall–Kier alpha value is -0.370. The van der Waals surface area contributed by atoms with Crippen LogP contribution >= 0.6 is 12.2 Å². The minimum absolute atomic E-state index is 0.915. The van der Waals surface area contributed by atoms with Crippen molar-refractivity contribution in [2.24, 2.45) is 0 Å². The molecule has 0 amide bonds.